The number of hydrogen-bond donors (Lipinski definition) is 3. The van der Waals surface area contributed by atoms with Gasteiger partial charge in [-0.2, -0.15) is 10.2 Å². The summed E-state index contributed by atoms with van der Waals surface area (Å²) in [5.74, 6) is 0.0291. The number of pyridine rings is 1. The number of carbonyl (C=O) groups excluding carboxylic acids is 1. The Balaban J connectivity index is 1.74. The summed E-state index contributed by atoms with van der Waals surface area (Å²) in [5, 5.41) is 18.0. The van der Waals surface area contributed by atoms with Crippen molar-refractivity contribution >= 4 is 11.6 Å². The normalized spacial score (nSPS) is 17.3. The van der Waals surface area contributed by atoms with E-state index < -0.39 is 0 Å². The van der Waals surface area contributed by atoms with Crippen LogP contribution in [0.3, 0.4) is 0 Å². The van der Waals surface area contributed by atoms with Gasteiger partial charge in [-0.15, -0.1) is 0 Å². The molecule has 0 aliphatic carbocycles. The Labute approximate surface area is 151 Å². The van der Waals surface area contributed by atoms with Gasteiger partial charge in [0.2, 0.25) is 0 Å². The first kappa shape index (κ1) is 16.7. The van der Waals surface area contributed by atoms with E-state index in [-0.39, 0.29) is 17.9 Å². The van der Waals surface area contributed by atoms with Crippen LogP contribution in [0.4, 0.5) is 0 Å². The molecule has 1 atom stereocenters. The summed E-state index contributed by atoms with van der Waals surface area (Å²) in [7, 11) is 0. The zero-order valence-corrected chi connectivity index (χ0v) is 15.2. The number of aromatic nitrogens is 5. The fraction of sp³-hybridized carbons (Fsp3) is 0.444. The van der Waals surface area contributed by atoms with Crippen LogP contribution in [0.25, 0.3) is 16.9 Å². The molecule has 8 heteroatoms. The van der Waals surface area contributed by atoms with Crippen LogP contribution < -0.4 is 10.6 Å². The SMILES string of the molecule is Cc1cc(-c2[nH]nc(C(=O)NC3CCNC3)c2C(C)C)cn2ncnc12. The number of rotatable bonds is 4. The van der Waals surface area contributed by atoms with Gasteiger partial charge in [0.05, 0.1) is 5.69 Å². The average molecular weight is 353 g/mol. The molecule has 1 aliphatic rings. The summed E-state index contributed by atoms with van der Waals surface area (Å²) in [6, 6.07) is 2.21. The van der Waals surface area contributed by atoms with E-state index in [2.05, 4.69) is 44.8 Å². The van der Waals surface area contributed by atoms with Crippen molar-refractivity contribution in [3.8, 4) is 11.3 Å². The molecule has 26 heavy (non-hydrogen) atoms. The molecule has 136 valence electrons. The number of fused-ring (bicyclic) bond motifs is 1. The van der Waals surface area contributed by atoms with Crippen LogP contribution >= 0.6 is 0 Å². The quantitative estimate of drug-likeness (QED) is 0.662. The highest BCUT2D eigenvalue weighted by Gasteiger charge is 2.25. The van der Waals surface area contributed by atoms with Crippen LogP contribution in [-0.4, -0.2) is 49.8 Å². The van der Waals surface area contributed by atoms with Gasteiger partial charge < -0.3 is 10.6 Å². The summed E-state index contributed by atoms with van der Waals surface area (Å²) in [4.78, 5) is 17.0. The molecule has 0 aromatic carbocycles. The number of carbonyl (C=O) groups is 1. The second-order valence-corrected chi connectivity index (χ2v) is 7.12. The van der Waals surface area contributed by atoms with Crippen LogP contribution in [-0.2, 0) is 0 Å². The fourth-order valence-electron chi connectivity index (χ4n) is 3.57. The Bertz CT molecular complexity index is 950. The molecule has 1 saturated heterocycles. The minimum atomic E-state index is -0.122. The number of nitrogens with zero attached hydrogens (tertiary/aromatic N) is 4. The zero-order valence-electron chi connectivity index (χ0n) is 15.2. The molecule has 3 aromatic rings. The van der Waals surface area contributed by atoms with Gasteiger partial charge in [0.1, 0.15) is 6.33 Å². The van der Waals surface area contributed by atoms with Gasteiger partial charge in [0.25, 0.3) is 5.91 Å². The summed E-state index contributed by atoms with van der Waals surface area (Å²) < 4.78 is 1.75. The first-order valence-corrected chi connectivity index (χ1v) is 8.94. The Morgan fingerprint density at radius 3 is 3.00 bits per heavy atom. The number of nitrogens with one attached hydrogen (secondary N) is 3. The lowest BCUT2D eigenvalue weighted by molar-refractivity contribution is 0.0933. The lowest BCUT2D eigenvalue weighted by atomic mass is 9.96. The second-order valence-electron chi connectivity index (χ2n) is 7.12. The number of aryl methyl sites for hydroxylation is 1. The summed E-state index contributed by atoms with van der Waals surface area (Å²) in [6.45, 7) is 7.89. The van der Waals surface area contributed by atoms with Crippen LogP contribution in [0.15, 0.2) is 18.6 Å². The Kier molecular flexibility index (Phi) is 4.20. The molecule has 0 radical (unpaired) electrons. The van der Waals surface area contributed by atoms with Gasteiger partial charge in [-0.05, 0) is 37.4 Å². The Morgan fingerprint density at radius 2 is 2.27 bits per heavy atom. The molecule has 1 aliphatic heterocycles. The molecule has 0 bridgehead atoms. The van der Waals surface area contributed by atoms with E-state index in [1.165, 1.54) is 6.33 Å². The lowest BCUT2D eigenvalue weighted by Crippen LogP contribution is -2.36. The van der Waals surface area contributed by atoms with E-state index in [9.17, 15) is 4.79 Å². The summed E-state index contributed by atoms with van der Waals surface area (Å²) in [5.41, 5.74) is 5.04. The van der Waals surface area contributed by atoms with Crippen molar-refractivity contribution in [2.75, 3.05) is 13.1 Å². The van der Waals surface area contributed by atoms with Gasteiger partial charge in [0, 0.05) is 29.9 Å². The molecular formula is C18H23N7O. The minimum Gasteiger partial charge on any atom is -0.347 e. The highest BCUT2D eigenvalue weighted by molar-refractivity contribution is 5.96. The van der Waals surface area contributed by atoms with Crippen molar-refractivity contribution in [1.29, 1.82) is 0 Å². The van der Waals surface area contributed by atoms with E-state index in [4.69, 9.17) is 0 Å². The number of hydrogen-bond acceptors (Lipinski definition) is 5. The average Bonchev–Trinajstić information content (AvgIpc) is 3.34. The summed E-state index contributed by atoms with van der Waals surface area (Å²) >= 11 is 0. The van der Waals surface area contributed by atoms with Gasteiger partial charge in [-0.1, -0.05) is 13.8 Å². The highest BCUT2D eigenvalue weighted by Crippen LogP contribution is 2.31. The zero-order chi connectivity index (χ0) is 18.3. The van der Waals surface area contributed by atoms with Gasteiger partial charge in [-0.25, -0.2) is 9.50 Å². The van der Waals surface area contributed by atoms with Crippen molar-refractivity contribution < 1.29 is 4.79 Å². The third-order valence-electron chi connectivity index (χ3n) is 4.84. The van der Waals surface area contributed by atoms with E-state index in [1.54, 1.807) is 4.52 Å². The van der Waals surface area contributed by atoms with E-state index in [1.807, 2.05) is 19.2 Å². The molecule has 3 N–H and O–H groups in total. The van der Waals surface area contributed by atoms with E-state index >= 15 is 0 Å². The second kappa shape index (κ2) is 6.53. The molecule has 0 spiro atoms. The lowest BCUT2D eigenvalue weighted by Gasteiger charge is -2.13. The first-order chi connectivity index (χ1) is 12.5. The van der Waals surface area contributed by atoms with E-state index in [0.717, 1.165) is 47.5 Å². The molecule has 0 saturated carbocycles. The third kappa shape index (κ3) is 2.86. The number of aromatic amines is 1. The third-order valence-corrected chi connectivity index (χ3v) is 4.84. The molecule has 3 aromatic heterocycles. The van der Waals surface area contributed by atoms with Crippen LogP contribution in [0.1, 0.15) is 47.8 Å². The van der Waals surface area contributed by atoms with Gasteiger partial charge >= 0.3 is 0 Å². The van der Waals surface area contributed by atoms with Crippen LogP contribution in [0.2, 0.25) is 0 Å². The largest absolute Gasteiger partial charge is 0.347 e. The van der Waals surface area contributed by atoms with Gasteiger partial charge in [0.15, 0.2) is 11.3 Å². The number of amides is 1. The molecule has 4 heterocycles. The van der Waals surface area contributed by atoms with E-state index in [0.29, 0.717) is 5.69 Å². The number of H-pyrrole nitrogens is 1. The van der Waals surface area contributed by atoms with Crippen molar-refractivity contribution in [2.24, 2.45) is 0 Å². The van der Waals surface area contributed by atoms with Crippen molar-refractivity contribution in [1.82, 2.24) is 35.4 Å². The fourth-order valence-corrected chi connectivity index (χ4v) is 3.57. The van der Waals surface area contributed by atoms with Crippen LogP contribution in [0, 0.1) is 6.92 Å². The van der Waals surface area contributed by atoms with Crippen molar-refractivity contribution in [2.45, 2.75) is 39.2 Å². The predicted molar refractivity (Wildman–Crippen MR) is 98.1 cm³/mol. The predicted octanol–water partition coefficient (Wildman–Crippen LogP) is 1.64. The Morgan fingerprint density at radius 1 is 1.42 bits per heavy atom. The smallest absolute Gasteiger partial charge is 0.272 e. The maximum absolute atomic E-state index is 12.8. The molecular weight excluding hydrogens is 330 g/mol. The maximum atomic E-state index is 12.8. The minimum absolute atomic E-state index is 0.122. The summed E-state index contributed by atoms with van der Waals surface area (Å²) in [6.07, 6.45) is 4.40. The molecule has 4 rings (SSSR count). The molecule has 8 nitrogen and oxygen atoms in total. The van der Waals surface area contributed by atoms with Crippen molar-refractivity contribution in [3.05, 3.63) is 35.4 Å². The Hall–Kier alpha value is -2.74. The van der Waals surface area contributed by atoms with Crippen LogP contribution in [0.5, 0.6) is 0 Å². The monoisotopic (exact) mass is 353 g/mol. The molecule has 1 fully saturated rings. The van der Waals surface area contributed by atoms with Crippen molar-refractivity contribution in [3.63, 3.8) is 0 Å². The molecule has 1 amide bonds. The topological polar surface area (TPSA) is 100 Å². The maximum Gasteiger partial charge on any atom is 0.272 e. The highest BCUT2D eigenvalue weighted by atomic mass is 16.2. The van der Waals surface area contributed by atoms with Gasteiger partial charge in [-0.3, -0.25) is 9.89 Å². The first-order valence-electron chi connectivity index (χ1n) is 8.94. The standard InChI is InChI=1S/C18H23N7O/c1-10(2)14-15(12-6-11(3)17-20-9-21-25(17)8-12)23-24-16(14)18(26)22-13-4-5-19-7-13/h6,8-10,13,19H,4-5,7H2,1-3H3,(H,22,26)(H,23,24). The molecule has 1 unspecified atom stereocenters.